The number of anilines is 1. The molecule has 6 rings (SSSR count). The first-order chi connectivity index (χ1) is 19.2. The van der Waals surface area contributed by atoms with E-state index < -0.39 is 5.54 Å². The highest BCUT2D eigenvalue weighted by atomic mass is 16.5. The number of aromatic nitrogens is 3. The van der Waals surface area contributed by atoms with E-state index in [1.165, 1.54) is 0 Å². The molecule has 1 aliphatic carbocycles. The molecule has 8 nitrogen and oxygen atoms in total. The number of fused-ring (bicyclic) bond motifs is 1. The predicted molar refractivity (Wildman–Crippen MR) is 155 cm³/mol. The van der Waals surface area contributed by atoms with E-state index in [-0.39, 0.29) is 11.9 Å². The van der Waals surface area contributed by atoms with E-state index in [0.29, 0.717) is 18.9 Å². The van der Waals surface area contributed by atoms with Crippen molar-refractivity contribution in [2.75, 3.05) is 19.1 Å². The van der Waals surface area contributed by atoms with Gasteiger partial charge in [0.05, 0.1) is 29.9 Å². The lowest BCUT2D eigenvalue weighted by atomic mass is 9.90. The van der Waals surface area contributed by atoms with Gasteiger partial charge < -0.3 is 18.6 Å². The van der Waals surface area contributed by atoms with Gasteiger partial charge in [-0.05, 0) is 101 Å². The van der Waals surface area contributed by atoms with E-state index in [1.54, 1.807) is 14.2 Å². The van der Waals surface area contributed by atoms with Crippen LogP contribution in [-0.4, -0.2) is 40.9 Å². The van der Waals surface area contributed by atoms with Crippen LogP contribution in [0.1, 0.15) is 74.3 Å². The molecule has 3 heterocycles. The molecule has 2 fully saturated rings. The van der Waals surface area contributed by atoms with Gasteiger partial charge in [0.15, 0.2) is 0 Å². The zero-order valence-electron chi connectivity index (χ0n) is 24.3. The number of hydrogen-bond donors (Lipinski definition) is 0. The van der Waals surface area contributed by atoms with Crippen molar-refractivity contribution < 1.29 is 18.8 Å². The van der Waals surface area contributed by atoms with Gasteiger partial charge in [-0.2, -0.15) is 0 Å². The zero-order chi connectivity index (χ0) is 28.2. The molecular weight excluding hydrogens is 504 g/mol. The highest BCUT2D eigenvalue weighted by Crippen LogP contribution is 2.46. The Morgan fingerprint density at radius 3 is 2.45 bits per heavy atom. The lowest BCUT2D eigenvalue weighted by Gasteiger charge is -2.38. The fourth-order valence-electron chi connectivity index (χ4n) is 6.93. The van der Waals surface area contributed by atoms with E-state index >= 15 is 0 Å². The van der Waals surface area contributed by atoms with Crippen LogP contribution >= 0.6 is 0 Å². The Morgan fingerprint density at radius 1 is 1.02 bits per heavy atom. The number of imidazole rings is 1. The molecule has 1 saturated carbocycles. The third kappa shape index (κ3) is 4.20. The molecule has 1 aliphatic heterocycles. The number of carbonyl (C=O) groups excluding carboxylic acids is 1. The number of rotatable bonds is 6. The van der Waals surface area contributed by atoms with Crippen LogP contribution in [0, 0.1) is 20.8 Å². The molecule has 0 spiro atoms. The number of nitrogens with zero attached hydrogens (tertiary/aromatic N) is 4. The first-order valence-corrected chi connectivity index (χ1v) is 14.2. The first kappa shape index (κ1) is 26.6. The third-order valence-electron chi connectivity index (χ3n) is 9.04. The van der Waals surface area contributed by atoms with Gasteiger partial charge in [-0.25, -0.2) is 4.98 Å². The predicted octanol–water partition coefficient (Wildman–Crippen LogP) is 6.80. The number of ether oxygens (including phenoxy) is 2. The first-order valence-electron chi connectivity index (χ1n) is 14.2. The zero-order valence-corrected chi connectivity index (χ0v) is 24.3. The highest BCUT2D eigenvalue weighted by Gasteiger charge is 2.48. The second-order valence-corrected chi connectivity index (χ2v) is 11.5. The summed E-state index contributed by atoms with van der Waals surface area (Å²) in [4.78, 5) is 20.8. The lowest BCUT2D eigenvalue weighted by Crippen LogP contribution is -2.44. The molecule has 0 N–H and O–H groups in total. The fraction of sp³-hybridized carbons (Fsp3) is 0.469. The standard InChI is InChI=1S/C32H38N4O4/c1-19-17-24(10-14-28(19)39-6)36-29(37)15-16-32(36,4)31-33-26-18-22(30-20(2)34-40-21(30)3)7-13-27(26)35(31)23-8-11-25(38-5)12-9-23/h7,10,13-14,17-18,23,25H,8-9,11-12,15-16H2,1-6H3/t23?,25?,32-/m1/s1. The van der Waals surface area contributed by atoms with Crippen molar-refractivity contribution in [2.24, 2.45) is 0 Å². The molecular formula is C32H38N4O4. The summed E-state index contributed by atoms with van der Waals surface area (Å²) in [6.45, 7) is 8.09. The number of carbonyl (C=O) groups is 1. The van der Waals surface area contributed by atoms with Crippen LogP contribution < -0.4 is 9.64 Å². The number of amides is 1. The lowest BCUT2D eigenvalue weighted by molar-refractivity contribution is -0.117. The van der Waals surface area contributed by atoms with Gasteiger partial charge in [-0.1, -0.05) is 11.2 Å². The molecule has 1 saturated heterocycles. The van der Waals surface area contributed by atoms with Crippen molar-refractivity contribution in [3.05, 3.63) is 59.2 Å². The molecule has 2 aromatic heterocycles. The van der Waals surface area contributed by atoms with Gasteiger partial charge in [-0.3, -0.25) is 9.69 Å². The normalized spacial score (nSPS) is 23.4. The quantitative estimate of drug-likeness (QED) is 0.267. The summed E-state index contributed by atoms with van der Waals surface area (Å²) in [5, 5.41) is 4.16. The topological polar surface area (TPSA) is 82.6 Å². The van der Waals surface area contributed by atoms with Crippen molar-refractivity contribution in [3.8, 4) is 16.9 Å². The average Bonchev–Trinajstić information content (AvgIpc) is 3.61. The van der Waals surface area contributed by atoms with Gasteiger partial charge in [-0.15, -0.1) is 0 Å². The van der Waals surface area contributed by atoms with Gasteiger partial charge in [0, 0.05) is 30.8 Å². The summed E-state index contributed by atoms with van der Waals surface area (Å²) in [7, 11) is 3.48. The van der Waals surface area contributed by atoms with Gasteiger partial charge in [0.1, 0.15) is 22.9 Å². The van der Waals surface area contributed by atoms with Gasteiger partial charge >= 0.3 is 0 Å². The van der Waals surface area contributed by atoms with Crippen molar-refractivity contribution in [1.29, 1.82) is 0 Å². The molecule has 0 bridgehead atoms. The van der Waals surface area contributed by atoms with Crippen LogP contribution in [0.2, 0.25) is 0 Å². The maximum Gasteiger partial charge on any atom is 0.227 e. The molecule has 1 amide bonds. The van der Waals surface area contributed by atoms with E-state index in [1.807, 2.05) is 43.9 Å². The smallest absolute Gasteiger partial charge is 0.227 e. The second-order valence-electron chi connectivity index (χ2n) is 11.5. The summed E-state index contributed by atoms with van der Waals surface area (Å²) in [5.74, 6) is 2.67. The molecule has 4 aromatic rings. The maximum absolute atomic E-state index is 13.5. The van der Waals surface area contributed by atoms with E-state index in [9.17, 15) is 4.79 Å². The van der Waals surface area contributed by atoms with Crippen molar-refractivity contribution >= 4 is 22.6 Å². The molecule has 8 heteroatoms. The summed E-state index contributed by atoms with van der Waals surface area (Å²) >= 11 is 0. The van der Waals surface area contributed by atoms with Crippen LogP contribution in [-0.2, 0) is 15.1 Å². The molecule has 1 atom stereocenters. The summed E-state index contributed by atoms with van der Waals surface area (Å²) in [6, 6.07) is 12.7. The Morgan fingerprint density at radius 2 is 1.80 bits per heavy atom. The van der Waals surface area contributed by atoms with Crippen LogP contribution in [0.4, 0.5) is 5.69 Å². The Bertz CT molecular complexity index is 1560. The number of benzene rings is 2. The van der Waals surface area contributed by atoms with Gasteiger partial charge in [0.2, 0.25) is 5.91 Å². The molecule has 40 heavy (non-hydrogen) atoms. The second kappa shape index (κ2) is 10.1. The highest BCUT2D eigenvalue weighted by molar-refractivity contribution is 5.98. The molecule has 2 aromatic carbocycles. The van der Waals surface area contributed by atoms with Crippen molar-refractivity contribution in [2.45, 2.75) is 83.9 Å². The number of methoxy groups -OCH3 is 2. The van der Waals surface area contributed by atoms with Crippen molar-refractivity contribution in [1.82, 2.24) is 14.7 Å². The Balaban J connectivity index is 1.52. The summed E-state index contributed by atoms with van der Waals surface area (Å²) in [5.41, 5.74) is 6.21. The minimum Gasteiger partial charge on any atom is -0.496 e. The van der Waals surface area contributed by atoms with Crippen LogP contribution in [0.25, 0.3) is 22.2 Å². The monoisotopic (exact) mass is 542 g/mol. The van der Waals surface area contributed by atoms with Crippen LogP contribution in [0.15, 0.2) is 40.9 Å². The Labute approximate surface area is 235 Å². The fourth-order valence-corrected chi connectivity index (χ4v) is 6.93. The van der Waals surface area contributed by atoms with Gasteiger partial charge in [0.25, 0.3) is 0 Å². The largest absolute Gasteiger partial charge is 0.496 e. The van der Waals surface area contributed by atoms with E-state index in [4.69, 9.17) is 19.0 Å². The van der Waals surface area contributed by atoms with E-state index in [0.717, 1.165) is 82.1 Å². The van der Waals surface area contributed by atoms with Crippen molar-refractivity contribution in [3.63, 3.8) is 0 Å². The third-order valence-corrected chi connectivity index (χ3v) is 9.04. The molecule has 2 aliphatic rings. The number of aryl methyl sites for hydroxylation is 3. The van der Waals surface area contributed by atoms with Crippen LogP contribution in [0.5, 0.6) is 5.75 Å². The average molecular weight is 543 g/mol. The summed E-state index contributed by atoms with van der Waals surface area (Å²) in [6.07, 6.45) is 5.50. The minimum absolute atomic E-state index is 0.116. The number of hydrogen-bond acceptors (Lipinski definition) is 6. The van der Waals surface area contributed by atoms with E-state index in [2.05, 4.69) is 34.8 Å². The molecule has 210 valence electrons. The summed E-state index contributed by atoms with van der Waals surface area (Å²) < 4.78 is 19.1. The Kier molecular flexibility index (Phi) is 6.69. The molecule has 0 unspecified atom stereocenters. The maximum atomic E-state index is 13.5. The Hall–Kier alpha value is -3.65. The van der Waals surface area contributed by atoms with Crippen LogP contribution in [0.3, 0.4) is 0 Å². The molecule has 0 radical (unpaired) electrons. The minimum atomic E-state index is -0.599. The SMILES string of the molecule is COc1ccc(N2C(=O)CC[C@]2(C)c2nc3cc(-c4c(C)noc4C)ccc3n2C2CCC(OC)CC2)cc1C.